The molecular formula is C17H15NO5S2. The zero-order chi connectivity index (χ0) is 18.1. The number of hydrogen-bond donors (Lipinski definition) is 0. The van der Waals surface area contributed by atoms with Crippen molar-refractivity contribution in [1.82, 2.24) is 0 Å². The summed E-state index contributed by atoms with van der Waals surface area (Å²) in [6, 6.07) is 17.5. The van der Waals surface area contributed by atoms with Crippen LogP contribution in [-0.4, -0.2) is 16.8 Å². The molecule has 0 atom stereocenters. The average Bonchev–Trinajstić information content (AvgIpc) is 3.01. The summed E-state index contributed by atoms with van der Waals surface area (Å²) in [5.41, 5.74) is 0. The van der Waals surface area contributed by atoms with E-state index < -0.39 is 20.0 Å². The molecule has 0 spiro atoms. The van der Waals surface area contributed by atoms with Crippen LogP contribution in [0.25, 0.3) is 0 Å². The minimum Gasteiger partial charge on any atom is -0.444 e. The van der Waals surface area contributed by atoms with E-state index in [-0.39, 0.29) is 15.7 Å². The Hall–Kier alpha value is -2.58. The smallest absolute Gasteiger partial charge is 0.280 e. The lowest BCUT2D eigenvalue weighted by Crippen LogP contribution is -2.36. The summed E-state index contributed by atoms with van der Waals surface area (Å²) in [5.74, 6) is 0.108. The van der Waals surface area contributed by atoms with Gasteiger partial charge in [0.05, 0.1) is 9.79 Å². The second kappa shape index (κ2) is 6.38. The van der Waals surface area contributed by atoms with Gasteiger partial charge in [-0.25, -0.2) is 0 Å². The van der Waals surface area contributed by atoms with Crippen LogP contribution in [0.3, 0.4) is 0 Å². The summed E-state index contributed by atoms with van der Waals surface area (Å²) in [4.78, 5) is -0.299. The van der Waals surface area contributed by atoms with Crippen LogP contribution in [0.1, 0.15) is 5.76 Å². The molecule has 0 aliphatic carbocycles. The van der Waals surface area contributed by atoms with Gasteiger partial charge in [0.1, 0.15) is 5.76 Å². The molecule has 3 rings (SSSR count). The molecule has 6 nitrogen and oxygen atoms in total. The van der Waals surface area contributed by atoms with Gasteiger partial charge in [0, 0.05) is 6.07 Å². The highest BCUT2D eigenvalue weighted by molar-refractivity contribution is 8.10. The van der Waals surface area contributed by atoms with Gasteiger partial charge in [-0.3, -0.25) is 0 Å². The maximum Gasteiger partial charge on any atom is 0.280 e. The zero-order valence-electron chi connectivity index (χ0n) is 13.2. The predicted molar refractivity (Wildman–Crippen MR) is 93.2 cm³/mol. The maximum atomic E-state index is 13.0. The number of aryl methyl sites for hydroxylation is 1. The standard InChI is InChI=1S/C17H15NO5S2/c1-14-12-13-17(23-14)18(24(19,20)15-8-4-2-5-9-15)25(21,22)16-10-6-3-7-11-16/h2-13H,1H3. The summed E-state index contributed by atoms with van der Waals surface area (Å²) in [5, 5.41) is 0. The van der Waals surface area contributed by atoms with E-state index in [2.05, 4.69) is 0 Å². The Kier molecular flexibility index (Phi) is 4.40. The second-order valence-corrected chi connectivity index (χ2v) is 9.02. The van der Waals surface area contributed by atoms with Crippen LogP contribution in [0, 0.1) is 6.92 Å². The lowest BCUT2D eigenvalue weighted by atomic mass is 10.4. The molecule has 8 heteroatoms. The van der Waals surface area contributed by atoms with Crippen molar-refractivity contribution in [3.63, 3.8) is 0 Å². The van der Waals surface area contributed by atoms with Crippen LogP contribution in [-0.2, 0) is 20.0 Å². The third kappa shape index (κ3) is 3.18. The number of rotatable bonds is 5. The highest BCUT2D eigenvalue weighted by atomic mass is 32.3. The van der Waals surface area contributed by atoms with Gasteiger partial charge in [0.2, 0.25) is 5.88 Å². The molecule has 0 unspecified atom stereocenters. The Balaban J connectivity index is 2.25. The Morgan fingerprint density at radius 3 is 1.48 bits per heavy atom. The molecule has 0 aliphatic heterocycles. The molecule has 0 fully saturated rings. The van der Waals surface area contributed by atoms with E-state index in [4.69, 9.17) is 4.42 Å². The van der Waals surface area contributed by atoms with Crippen molar-refractivity contribution in [1.29, 1.82) is 0 Å². The predicted octanol–water partition coefficient (Wildman–Crippen LogP) is 3.17. The molecule has 1 aromatic heterocycles. The van der Waals surface area contributed by atoms with Crippen LogP contribution >= 0.6 is 0 Å². The monoisotopic (exact) mass is 377 g/mol. The molecule has 0 saturated heterocycles. The summed E-state index contributed by atoms with van der Waals surface area (Å²) >= 11 is 0. The third-order valence-corrected chi connectivity index (χ3v) is 7.57. The molecule has 0 bridgehead atoms. The average molecular weight is 377 g/mol. The fourth-order valence-electron chi connectivity index (χ4n) is 2.26. The number of benzene rings is 2. The summed E-state index contributed by atoms with van der Waals surface area (Å²) in [6.07, 6.45) is 0. The van der Waals surface area contributed by atoms with E-state index in [1.807, 2.05) is 0 Å². The van der Waals surface area contributed by atoms with Gasteiger partial charge in [-0.15, -0.1) is 3.71 Å². The quantitative estimate of drug-likeness (QED) is 0.682. The molecule has 3 aromatic rings. The SMILES string of the molecule is Cc1ccc(N(S(=O)(=O)c2ccccc2)S(=O)(=O)c2ccccc2)o1. The van der Waals surface area contributed by atoms with Crippen molar-refractivity contribution in [2.45, 2.75) is 16.7 Å². The topological polar surface area (TPSA) is 84.7 Å². The van der Waals surface area contributed by atoms with Gasteiger partial charge in [-0.1, -0.05) is 36.4 Å². The van der Waals surface area contributed by atoms with Gasteiger partial charge in [-0.2, -0.15) is 16.8 Å². The lowest BCUT2D eigenvalue weighted by Gasteiger charge is -2.21. The third-order valence-electron chi connectivity index (χ3n) is 3.42. The molecule has 0 saturated carbocycles. The molecule has 0 amide bonds. The first-order valence-electron chi connectivity index (χ1n) is 7.30. The van der Waals surface area contributed by atoms with Crippen LogP contribution in [0.15, 0.2) is 87.0 Å². The van der Waals surface area contributed by atoms with Crippen molar-refractivity contribution in [2.24, 2.45) is 0 Å². The molecule has 0 N–H and O–H groups in total. The Bertz CT molecular complexity index is 1000. The highest BCUT2D eigenvalue weighted by Gasteiger charge is 2.38. The molecule has 1 heterocycles. The number of sulfonamides is 2. The number of anilines is 1. The number of nitrogens with zero attached hydrogens (tertiary/aromatic N) is 1. The molecule has 0 aliphatic rings. The molecule has 130 valence electrons. The molecular weight excluding hydrogens is 362 g/mol. The van der Waals surface area contributed by atoms with E-state index in [1.165, 1.54) is 60.7 Å². The largest absolute Gasteiger partial charge is 0.444 e. The van der Waals surface area contributed by atoms with Crippen molar-refractivity contribution in [3.8, 4) is 0 Å². The van der Waals surface area contributed by atoms with E-state index >= 15 is 0 Å². The first kappa shape index (κ1) is 17.2. The first-order chi connectivity index (χ1) is 11.8. The van der Waals surface area contributed by atoms with Crippen LogP contribution in [0.5, 0.6) is 0 Å². The normalized spacial score (nSPS) is 12.0. The zero-order valence-corrected chi connectivity index (χ0v) is 14.9. The minimum absolute atomic E-state index is 0.149. The van der Waals surface area contributed by atoms with E-state index in [1.54, 1.807) is 19.1 Å². The van der Waals surface area contributed by atoms with E-state index in [0.29, 0.717) is 9.47 Å². The number of hydrogen-bond acceptors (Lipinski definition) is 5. The van der Waals surface area contributed by atoms with Gasteiger partial charge in [0.25, 0.3) is 20.0 Å². The van der Waals surface area contributed by atoms with Gasteiger partial charge < -0.3 is 4.42 Å². The minimum atomic E-state index is -4.40. The fraction of sp³-hybridized carbons (Fsp3) is 0.0588. The molecule has 0 radical (unpaired) electrons. The summed E-state index contributed by atoms with van der Waals surface area (Å²) in [6.45, 7) is 1.60. The van der Waals surface area contributed by atoms with Crippen molar-refractivity contribution >= 4 is 25.9 Å². The number of furan rings is 1. The fourth-order valence-corrected chi connectivity index (χ4v) is 5.87. The van der Waals surface area contributed by atoms with Crippen molar-refractivity contribution in [3.05, 3.63) is 78.6 Å². The van der Waals surface area contributed by atoms with Crippen LogP contribution in [0.2, 0.25) is 0 Å². The molecule has 25 heavy (non-hydrogen) atoms. The van der Waals surface area contributed by atoms with Crippen LogP contribution in [0.4, 0.5) is 5.88 Å². The summed E-state index contributed by atoms with van der Waals surface area (Å²) in [7, 11) is -8.79. The van der Waals surface area contributed by atoms with Crippen LogP contribution < -0.4 is 3.71 Å². The van der Waals surface area contributed by atoms with E-state index in [0.717, 1.165) is 0 Å². The Morgan fingerprint density at radius 1 is 0.680 bits per heavy atom. The Labute approximate surface area is 146 Å². The molecule has 2 aromatic carbocycles. The summed E-state index contributed by atoms with van der Waals surface area (Å²) < 4.78 is 57.9. The maximum absolute atomic E-state index is 13.0. The Morgan fingerprint density at radius 2 is 1.12 bits per heavy atom. The van der Waals surface area contributed by atoms with Crippen molar-refractivity contribution < 1.29 is 21.3 Å². The lowest BCUT2D eigenvalue weighted by molar-refractivity contribution is 0.534. The van der Waals surface area contributed by atoms with Gasteiger partial charge in [-0.05, 0) is 37.3 Å². The van der Waals surface area contributed by atoms with Crippen molar-refractivity contribution in [2.75, 3.05) is 3.71 Å². The van der Waals surface area contributed by atoms with E-state index in [9.17, 15) is 16.8 Å². The second-order valence-electron chi connectivity index (χ2n) is 5.22. The van der Waals surface area contributed by atoms with Gasteiger partial charge >= 0.3 is 0 Å². The van der Waals surface area contributed by atoms with Gasteiger partial charge in [0.15, 0.2) is 0 Å². The first-order valence-corrected chi connectivity index (χ1v) is 10.2. The highest BCUT2D eigenvalue weighted by Crippen LogP contribution is 2.31.